The molecular formula is C32H39N5O2. The van der Waals surface area contributed by atoms with Crippen molar-refractivity contribution in [3.05, 3.63) is 82.8 Å². The number of carbonyl (C=O) groups is 1. The van der Waals surface area contributed by atoms with E-state index in [-0.39, 0.29) is 11.5 Å². The van der Waals surface area contributed by atoms with E-state index in [9.17, 15) is 4.79 Å². The number of likely N-dealkylation sites (tertiary alicyclic amines) is 1. The van der Waals surface area contributed by atoms with Crippen molar-refractivity contribution in [1.29, 1.82) is 0 Å². The zero-order chi connectivity index (χ0) is 27.2. The van der Waals surface area contributed by atoms with E-state index in [1.807, 2.05) is 20.8 Å². The molecule has 1 aromatic heterocycles. The Morgan fingerprint density at radius 1 is 1.10 bits per heavy atom. The normalized spacial score (nSPS) is 22.3. The summed E-state index contributed by atoms with van der Waals surface area (Å²) in [5, 5.41) is 3.03. The van der Waals surface area contributed by atoms with Crippen LogP contribution in [0.25, 0.3) is 0 Å². The van der Waals surface area contributed by atoms with Gasteiger partial charge in [0.05, 0.1) is 0 Å². The summed E-state index contributed by atoms with van der Waals surface area (Å²) < 4.78 is 5.55. The zero-order valence-electron chi connectivity index (χ0n) is 23.5. The third-order valence-corrected chi connectivity index (χ3v) is 8.42. The molecule has 3 aromatic rings. The topological polar surface area (TPSA) is 70.6 Å². The van der Waals surface area contributed by atoms with Crippen LogP contribution in [0.1, 0.15) is 74.4 Å². The number of nitrogens with zero attached hydrogens (tertiary/aromatic N) is 4. The van der Waals surface area contributed by atoms with Crippen molar-refractivity contribution in [3.63, 3.8) is 0 Å². The number of aromatic nitrogens is 2. The summed E-state index contributed by atoms with van der Waals surface area (Å²) in [5.74, 6) is 1.51. The number of anilines is 2. The second-order valence-electron chi connectivity index (χ2n) is 12.5. The Morgan fingerprint density at radius 3 is 2.72 bits per heavy atom. The van der Waals surface area contributed by atoms with Crippen LogP contribution in [0.3, 0.4) is 0 Å². The van der Waals surface area contributed by atoms with Gasteiger partial charge in [0.1, 0.15) is 17.7 Å². The van der Waals surface area contributed by atoms with Crippen molar-refractivity contribution >= 4 is 17.6 Å². The fourth-order valence-electron chi connectivity index (χ4n) is 6.81. The molecule has 1 fully saturated rings. The predicted octanol–water partition coefficient (Wildman–Crippen LogP) is 5.85. The first-order valence-electron chi connectivity index (χ1n) is 14.2. The number of nitrogens with one attached hydrogen (secondary N) is 1. The molecule has 39 heavy (non-hydrogen) atoms. The van der Waals surface area contributed by atoms with Crippen molar-refractivity contribution in [3.8, 4) is 0 Å². The van der Waals surface area contributed by atoms with Gasteiger partial charge in [-0.3, -0.25) is 4.90 Å². The van der Waals surface area contributed by atoms with E-state index in [2.05, 4.69) is 75.6 Å². The molecule has 1 amide bonds. The smallest absolute Gasteiger partial charge is 0.407 e. The van der Waals surface area contributed by atoms with Crippen LogP contribution in [0.4, 0.5) is 16.3 Å². The highest BCUT2D eigenvalue weighted by Gasteiger charge is 2.49. The Kier molecular flexibility index (Phi) is 6.58. The highest BCUT2D eigenvalue weighted by Crippen LogP contribution is 2.52. The van der Waals surface area contributed by atoms with Crippen molar-refractivity contribution in [1.82, 2.24) is 20.2 Å². The summed E-state index contributed by atoms with van der Waals surface area (Å²) in [6.07, 6.45) is 4.56. The molecule has 204 valence electrons. The molecule has 0 bridgehead atoms. The summed E-state index contributed by atoms with van der Waals surface area (Å²) in [5.41, 5.74) is 6.96. The largest absolute Gasteiger partial charge is 0.444 e. The Hall–Kier alpha value is -3.45. The van der Waals surface area contributed by atoms with Crippen LogP contribution in [0.5, 0.6) is 0 Å². The number of aryl methyl sites for hydroxylation is 1. The van der Waals surface area contributed by atoms with Gasteiger partial charge in [-0.2, -0.15) is 0 Å². The minimum Gasteiger partial charge on any atom is -0.444 e. The van der Waals surface area contributed by atoms with Gasteiger partial charge in [-0.05, 0) is 75.3 Å². The van der Waals surface area contributed by atoms with E-state index < -0.39 is 5.60 Å². The van der Waals surface area contributed by atoms with Crippen LogP contribution in [-0.4, -0.2) is 46.2 Å². The fraction of sp³-hybridized carbons (Fsp3) is 0.469. The van der Waals surface area contributed by atoms with Gasteiger partial charge in [-0.15, -0.1) is 0 Å². The van der Waals surface area contributed by atoms with Crippen LogP contribution < -0.4 is 10.2 Å². The van der Waals surface area contributed by atoms with Crippen LogP contribution in [0.15, 0.2) is 54.9 Å². The first kappa shape index (κ1) is 25.8. The number of alkyl carbamates (subject to hydrolysis) is 1. The van der Waals surface area contributed by atoms with Gasteiger partial charge in [-0.25, -0.2) is 14.8 Å². The number of ether oxygens (including phenoxy) is 1. The number of hydrogen-bond donors (Lipinski definition) is 1. The molecule has 1 spiro atoms. The highest BCUT2D eigenvalue weighted by atomic mass is 16.6. The summed E-state index contributed by atoms with van der Waals surface area (Å²) in [7, 11) is 0. The number of carbonyl (C=O) groups excluding carboxylic acids is 1. The number of benzene rings is 2. The second-order valence-corrected chi connectivity index (χ2v) is 12.5. The molecule has 3 aliphatic rings. The van der Waals surface area contributed by atoms with Gasteiger partial charge < -0.3 is 15.0 Å². The Morgan fingerprint density at radius 2 is 1.92 bits per heavy atom. The molecule has 7 nitrogen and oxygen atoms in total. The lowest BCUT2D eigenvalue weighted by Crippen LogP contribution is -2.37. The first-order valence-corrected chi connectivity index (χ1v) is 14.2. The Labute approximate surface area is 231 Å². The highest BCUT2D eigenvalue weighted by molar-refractivity contribution is 5.76. The van der Waals surface area contributed by atoms with Crippen molar-refractivity contribution in [2.24, 2.45) is 0 Å². The third kappa shape index (κ3) is 5.00. The number of rotatable bonds is 5. The van der Waals surface area contributed by atoms with Crippen LogP contribution in [0, 0.1) is 0 Å². The molecule has 1 aliphatic carbocycles. The maximum absolute atomic E-state index is 12.6. The van der Waals surface area contributed by atoms with E-state index in [4.69, 9.17) is 9.72 Å². The lowest BCUT2D eigenvalue weighted by molar-refractivity contribution is 0.0523. The molecule has 6 rings (SSSR count). The number of fused-ring (bicyclic) bond motifs is 3. The van der Waals surface area contributed by atoms with Gasteiger partial charge in [0.2, 0.25) is 0 Å². The quantitative estimate of drug-likeness (QED) is 0.451. The van der Waals surface area contributed by atoms with Gasteiger partial charge in [0.15, 0.2) is 0 Å². The third-order valence-electron chi connectivity index (χ3n) is 8.42. The molecule has 2 aliphatic heterocycles. The van der Waals surface area contributed by atoms with E-state index in [1.54, 1.807) is 6.33 Å². The first-order chi connectivity index (χ1) is 18.7. The second kappa shape index (κ2) is 9.94. The minimum atomic E-state index is -0.534. The van der Waals surface area contributed by atoms with Gasteiger partial charge in [0.25, 0.3) is 0 Å². The lowest BCUT2D eigenvalue weighted by Gasteiger charge is -2.28. The van der Waals surface area contributed by atoms with E-state index >= 15 is 0 Å². The average molecular weight is 526 g/mol. The number of amides is 1. The fourth-order valence-corrected chi connectivity index (χ4v) is 6.81. The standard InChI is InChI=1S/C32H39N5O2/c1-22-13-14-25-27(22)29(35-21-34-25)37-20-32(15-16-36(19-32)18-23-9-6-5-7-10-23)28-24(11-8-12-26(28)37)17-33-30(38)39-31(2,3)4/h5-12,21-22H,13-20H2,1-4H3,(H,33,38)/t22-,32?/m1/s1. The lowest BCUT2D eigenvalue weighted by atomic mass is 9.79. The average Bonchev–Trinajstić information content (AvgIpc) is 3.58. The maximum Gasteiger partial charge on any atom is 0.407 e. The van der Waals surface area contributed by atoms with E-state index in [0.717, 1.165) is 56.8 Å². The molecule has 0 saturated carbocycles. The van der Waals surface area contributed by atoms with E-state index in [0.29, 0.717) is 12.5 Å². The molecule has 1 N–H and O–H groups in total. The molecule has 0 radical (unpaired) electrons. The summed E-state index contributed by atoms with van der Waals surface area (Å²) in [6, 6.07) is 17.2. The monoisotopic (exact) mass is 525 g/mol. The molecular weight excluding hydrogens is 486 g/mol. The van der Waals surface area contributed by atoms with Gasteiger partial charge >= 0.3 is 6.09 Å². The molecule has 1 unspecified atom stereocenters. The van der Waals surface area contributed by atoms with Gasteiger partial charge in [0, 0.05) is 48.5 Å². The summed E-state index contributed by atoms with van der Waals surface area (Å²) in [4.78, 5) is 27.1. The van der Waals surface area contributed by atoms with E-state index in [1.165, 1.54) is 28.1 Å². The van der Waals surface area contributed by atoms with Crippen LogP contribution in [-0.2, 0) is 29.7 Å². The molecule has 2 atom stereocenters. The molecule has 2 aromatic carbocycles. The predicted molar refractivity (Wildman–Crippen MR) is 153 cm³/mol. The SMILES string of the molecule is C[C@@H]1CCc2ncnc(N3CC4(CCN(Cc5ccccc5)C4)c4c(CNC(=O)OC(C)(C)C)cccc43)c21. The molecule has 1 saturated heterocycles. The minimum absolute atomic E-state index is 0.0456. The summed E-state index contributed by atoms with van der Waals surface area (Å²) in [6.45, 7) is 12.2. The van der Waals surface area contributed by atoms with Crippen LogP contribution >= 0.6 is 0 Å². The van der Waals surface area contributed by atoms with Crippen molar-refractivity contribution in [2.45, 2.75) is 77.0 Å². The van der Waals surface area contributed by atoms with Gasteiger partial charge in [-0.1, -0.05) is 49.4 Å². The van der Waals surface area contributed by atoms with Crippen molar-refractivity contribution in [2.75, 3.05) is 24.5 Å². The number of hydrogen-bond acceptors (Lipinski definition) is 6. The summed E-state index contributed by atoms with van der Waals surface area (Å²) >= 11 is 0. The molecule has 7 heteroatoms. The van der Waals surface area contributed by atoms with Crippen LogP contribution in [0.2, 0.25) is 0 Å². The maximum atomic E-state index is 12.6. The van der Waals surface area contributed by atoms with Crippen molar-refractivity contribution < 1.29 is 9.53 Å². The Bertz CT molecular complexity index is 1370. The Balaban J connectivity index is 1.36. The zero-order valence-corrected chi connectivity index (χ0v) is 23.5. The molecule has 3 heterocycles.